The molecule has 2 atom stereocenters. The molecular weight excluding hydrogens is 318 g/mol. The van der Waals surface area contributed by atoms with Crippen molar-refractivity contribution in [3.05, 3.63) is 52.8 Å². The number of carbonyl (C=O) groups is 2. The number of amides is 1. The van der Waals surface area contributed by atoms with Gasteiger partial charge in [-0.1, -0.05) is 45.0 Å². The molecule has 2 unspecified atom stereocenters. The molecule has 6 nitrogen and oxygen atoms in total. The van der Waals surface area contributed by atoms with Crippen molar-refractivity contribution in [2.75, 3.05) is 0 Å². The van der Waals surface area contributed by atoms with Gasteiger partial charge in [0.1, 0.15) is 0 Å². The Labute approximate surface area is 147 Å². The smallest absolute Gasteiger partial charge is 0.357 e. The van der Waals surface area contributed by atoms with Crippen molar-refractivity contribution in [3.8, 4) is 0 Å². The molecule has 134 valence electrons. The van der Waals surface area contributed by atoms with Crippen LogP contribution in [0.15, 0.2) is 30.5 Å². The molecule has 0 radical (unpaired) electrons. The van der Waals surface area contributed by atoms with E-state index in [4.69, 9.17) is 0 Å². The number of carboxylic acids is 1. The van der Waals surface area contributed by atoms with E-state index in [2.05, 4.69) is 36.4 Å². The molecule has 2 rings (SSSR count). The Morgan fingerprint density at radius 2 is 1.76 bits per heavy atom. The van der Waals surface area contributed by atoms with Gasteiger partial charge < -0.3 is 10.4 Å². The third-order valence-electron chi connectivity index (χ3n) is 4.51. The van der Waals surface area contributed by atoms with Crippen LogP contribution in [0, 0.1) is 0 Å². The van der Waals surface area contributed by atoms with E-state index in [1.807, 2.05) is 19.1 Å². The summed E-state index contributed by atoms with van der Waals surface area (Å²) in [5.74, 6) is -1.14. The maximum Gasteiger partial charge on any atom is 0.357 e. The van der Waals surface area contributed by atoms with Crippen molar-refractivity contribution in [2.24, 2.45) is 7.05 Å². The van der Waals surface area contributed by atoms with Crippen molar-refractivity contribution in [2.45, 2.75) is 45.6 Å². The van der Waals surface area contributed by atoms with E-state index in [-0.39, 0.29) is 17.3 Å². The number of benzene rings is 1. The fraction of sp³-hybridized carbons (Fsp3) is 0.421. The summed E-state index contributed by atoms with van der Waals surface area (Å²) in [4.78, 5) is 23.8. The van der Waals surface area contributed by atoms with Crippen LogP contribution in [0.4, 0.5) is 0 Å². The number of aryl methyl sites for hydroxylation is 1. The lowest BCUT2D eigenvalue weighted by Crippen LogP contribution is -2.29. The van der Waals surface area contributed by atoms with Gasteiger partial charge in [0.05, 0.1) is 11.6 Å². The van der Waals surface area contributed by atoms with Gasteiger partial charge in [-0.25, -0.2) is 4.79 Å². The van der Waals surface area contributed by atoms with E-state index >= 15 is 0 Å². The molecule has 0 aliphatic heterocycles. The molecule has 1 amide bonds. The van der Waals surface area contributed by atoms with E-state index < -0.39 is 11.9 Å². The number of aromatic carboxylic acids is 1. The fourth-order valence-corrected chi connectivity index (χ4v) is 2.76. The van der Waals surface area contributed by atoms with Crippen LogP contribution in [0.3, 0.4) is 0 Å². The van der Waals surface area contributed by atoms with E-state index in [0.717, 1.165) is 12.0 Å². The maximum atomic E-state index is 12.5. The van der Waals surface area contributed by atoms with Gasteiger partial charge in [0, 0.05) is 13.2 Å². The highest BCUT2D eigenvalue weighted by Crippen LogP contribution is 2.23. The second-order valence-electron chi connectivity index (χ2n) is 6.28. The Morgan fingerprint density at radius 1 is 1.16 bits per heavy atom. The van der Waals surface area contributed by atoms with Crippen LogP contribution < -0.4 is 5.32 Å². The lowest BCUT2D eigenvalue weighted by molar-refractivity contribution is 0.0683. The molecule has 6 heteroatoms. The van der Waals surface area contributed by atoms with Crippen LogP contribution in [0.5, 0.6) is 0 Å². The number of nitrogens with one attached hydrogen (secondary N) is 1. The van der Waals surface area contributed by atoms with E-state index in [1.165, 1.54) is 16.4 Å². The van der Waals surface area contributed by atoms with Crippen LogP contribution in [-0.2, 0) is 7.05 Å². The summed E-state index contributed by atoms with van der Waals surface area (Å²) in [6.45, 7) is 6.32. The highest BCUT2D eigenvalue weighted by atomic mass is 16.4. The van der Waals surface area contributed by atoms with Crippen molar-refractivity contribution in [3.63, 3.8) is 0 Å². The first-order chi connectivity index (χ1) is 11.9. The largest absolute Gasteiger partial charge is 0.476 e. The Hall–Kier alpha value is -2.63. The number of carboxylic acid groups (broad SMARTS) is 1. The molecule has 0 saturated heterocycles. The van der Waals surface area contributed by atoms with Gasteiger partial charge in [-0.05, 0) is 29.9 Å². The van der Waals surface area contributed by atoms with Crippen LogP contribution in [0.1, 0.15) is 77.5 Å². The molecule has 0 aliphatic rings. The molecule has 2 N–H and O–H groups in total. The van der Waals surface area contributed by atoms with Gasteiger partial charge in [0.2, 0.25) is 0 Å². The first kappa shape index (κ1) is 18.7. The Morgan fingerprint density at radius 3 is 2.28 bits per heavy atom. The van der Waals surface area contributed by atoms with Gasteiger partial charge in [-0.3, -0.25) is 9.48 Å². The van der Waals surface area contributed by atoms with Crippen LogP contribution in [0.2, 0.25) is 0 Å². The molecule has 0 fully saturated rings. The highest BCUT2D eigenvalue weighted by molar-refractivity contribution is 6.03. The summed E-state index contributed by atoms with van der Waals surface area (Å²) in [7, 11) is 1.59. The summed E-state index contributed by atoms with van der Waals surface area (Å²) in [6, 6.07) is 8.05. The highest BCUT2D eigenvalue weighted by Gasteiger charge is 2.23. The lowest BCUT2D eigenvalue weighted by atomic mass is 9.95. The molecule has 2 aromatic rings. The van der Waals surface area contributed by atoms with Gasteiger partial charge in [0.25, 0.3) is 5.91 Å². The average Bonchev–Trinajstić information content (AvgIpc) is 3.01. The van der Waals surface area contributed by atoms with E-state index in [0.29, 0.717) is 12.3 Å². The first-order valence-electron chi connectivity index (χ1n) is 8.55. The molecule has 0 spiro atoms. The predicted octanol–water partition coefficient (Wildman–Crippen LogP) is 3.51. The van der Waals surface area contributed by atoms with Gasteiger partial charge in [-0.15, -0.1) is 0 Å². The number of rotatable bonds is 7. The fourth-order valence-electron chi connectivity index (χ4n) is 2.76. The summed E-state index contributed by atoms with van der Waals surface area (Å²) in [5, 5.41) is 15.9. The summed E-state index contributed by atoms with van der Waals surface area (Å²) >= 11 is 0. The predicted molar refractivity (Wildman–Crippen MR) is 95.8 cm³/mol. The zero-order valence-corrected chi connectivity index (χ0v) is 15.1. The third-order valence-corrected chi connectivity index (χ3v) is 4.51. The summed E-state index contributed by atoms with van der Waals surface area (Å²) in [5.41, 5.74) is 2.11. The molecule has 1 aromatic heterocycles. The average molecular weight is 343 g/mol. The van der Waals surface area contributed by atoms with Crippen LogP contribution in [-0.4, -0.2) is 26.8 Å². The van der Waals surface area contributed by atoms with Crippen LogP contribution >= 0.6 is 0 Å². The van der Waals surface area contributed by atoms with Gasteiger partial charge in [0.15, 0.2) is 5.69 Å². The standard InChI is InChI=1S/C19H25N3O3/c1-5-12(3)13-7-9-14(10-8-13)16(6-2)20-18(23)15-11-22(4)21-17(15)19(24)25/h7-12,16H,5-6H2,1-4H3,(H,20,23)(H,24,25). The molecule has 25 heavy (non-hydrogen) atoms. The monoisotopic (exact) mass is 343 g/mol. The van der Waals surface area contributed by atoms with Crippen molar-refractivity contribution >= 4 is 11.9 Å². The number of hydrogen-bond donors (Lipinski definition) is 2. The van der Waals surface area contributed by atoms with Crippen molar-refractivity contribution < 1.29 is 14.7 Å². The van der Waals surface area contributed by atoms with E-state index in [9.17, 15) is 14.7 Å². The second kappa shape index (κ2) is 7.96. The Kier molecular flexibility index (Phi) is 5.96. The zero-order chi connectivity index (χ0) is 18.6. The van der Waals surface area contributed by atoms with Crippen molar-refractivity contribution in [1.29, 1.82) is 0 Å². The lowest BCUT2D eigenvalue weighted by Gasteiger charge is -2.18. The number of nitrogens with zero attached hydrogens (tertiary/aromatic N) is 2. The molecule has 0 aliphatic carbocycles. The minimum Gasteiger partial charge on any atom is -0.476 e. The molecule has 1 aromatic carbocycles. The Bertz CT molecular complexity index is 750. The maximum absolute atomic E-state index is 12.5. The number of hydrogen-bond acceptors (Lipinski definition) is 3. The molecule has 1 heterocycles. The number of aromatic nitrogens is 2. The minimum absolute atomic E-state index is 0.0738. The van der Waals surface area contributed by atoms with E-state index in [1.54, 1.807) is 7.05 Å². The third kappa shape index (κ3) is 4.26. The van der Waals surface area contributed by atoms with Crippen molar-refractivity contribution in [1.82, 2.24) is 15.1 Å². The van der Waals surface area contributed by atoms with Crippen LogP contribution in [0.25, 0.3) is 0 Å². The summed E-state index contributed by atoms with van der Waals surface area (Å²) in [6.07, 6.45) is 3.21. The van der Waals surface area contributed by atoms with Gasteiger partial charge in [-0.2, -0.15) is 5.10 Å². The quantitative estimate of drug-likeness (QED) is 0.806. The first-order valence-corrected chi connectivity index (χ1v) is 8.55. The summed E-state index contributed by atoms with van der Waals surface area (Å²) < 4.78 is 1.33. The molecular formula is C19H25N3O3. The zero-order valence-electron chi connectivity index (χ0n) is 15.1. The molecule has 0 saturated carbocycles. The molecule has 0 bridgehead atoms. The minimum atomic E-state index is -1.21. The second-order valence-corrected chi connectivity index (χ2v) is 6.28. The SMILES string of the molecule is CCC(C)c1ccc(C(CC)NC(=O)c2cn(C)nc2C(=O)O)cc1. The topological polar surface area (TPSA) is 84.2 Å². The number of carbonyl (C=O) groups excluding carboxylic acids is 1. The Balaban J connectivity index is 2.19. The normalized spacial score (nSPS) is 13.3. The van der Waals surface area contributed by atoms with Gasteiger partial charge >= 0.3 is 5.97 Å².